The number of aromatic nitrogens is 3. The van der Waals surface area contributed by atoms with Crippen LogP contribution in [0.1, 0.15) is 5.56 Å². The maximum absolute atomic E-state index is 13.2. The maximum Gasteiger partial charge on any atom is 0.216 e. The topological polar surface area (TPSA) is 46.0 Å². The van der Waals surface area contributed by atoms with E-state index in [4.69, 9.17) is 12.2 Å². The molecule has 0 amide bonds. The van der Waals surface area contributed by atoms with Crippen molar-refractivity contribution in [1.29, 1.82) is 0 Å². The summed E-state index contributed by atoms with van der Waals surface area (Å²) in [5.74, 6) is 0.269. The van der Waals surface area contributed by atoms with Gasteiger partial charge in [0.2, 0.25) is 4.77 Å². The van der Waals surface area contributed by atoms with Gasteiger partial charge in [0.05, 0.1) is 6.21 Å². The molecular formula is C15H10BrFN4S. The van der Waals surface area contributed by atoms with Crippen molar-refractivity contribution in [2.75, 3.05) is 0 Å². The van der Waals surface area contributed by atoms with Crippen molar-refractivity contribution in [2.45, 2.75) is 0 Å². The fourth-order valence-corrected chi connectivity index (χ4v) is 2.50. The van der Waals surface area contributed by atoms with E-state index < -0.39 is 0 Å². The highest BCUT2D eigenvalue weighted by Crippen LogP contribution is 2.21. The molecule has 0 saturated carbocycles. The van der Waals surface area contributed by atoms with Crippen molar-refractivity contribution >= 4 is 34.4 Å². The fraction of sp³-hybridized carbons (Fsp3) is 0. The molecule has 0 aliphatic heterocycles. The Morgan fingerprint density at radius 3 is 2.82 bits per heavy atom. The van der Waals surface area contributed by atoms with Gasteiger partial charge in [0.15, 0.2) is 5.82 Å². The third kappa shape index (κ3) is 3.20. The van der Waals surface area contributed by atoms with Crippen LogP contribution in [-0.4, -0.2) is 21.1 Å². The van der Waals surface area contributed by atoms with Gasteiger partial charge in [-0.05, 0) is 42.0 Å². The molecule has 3 aromatic rings. The lowest BCUT2D eigenvalue weighted by molar-refractivity contribution is 0.627. The standard InChI is InChI=1S/C15H10BrFN4S/c16-12-5-2-4-11(8-12)14-19-20-15(22)21(14)18-9-10-3-1-6-13(17)7-10/h1-9H,(H,20,22)/b18-9-. The SMILES string of the molecule is Fc1cccc(/C=N\n2c(-c3cccc(Br)c3)n[nH]c2=S)c1. The minimum absolute atomic E-state index is 0.313. The van der Waals surface area contributed by atoms with E-state index in [9.17, 15) is 4.39 Å². The molecular weight excluding hydrogens is 367 g/mol. The van der Waals surface area contributed by atoms with Crippen LogP contribution in [0.25, 0.3) is 11.4 Å². The van der Waals surface area contributed by atoms with Crippen LogP contribution in [0, 0.1) is 10.6 Å². The smallest absolute Gasteiger partial charge is 0.216 e. The average Bonchev–Trinajstić information content (AvgIpc) is 2.86. The zero-order valence-electron chi connectivity index (χ0n) is 11.2. The summed E-state index contributed by atoms with van der Waals surface area (Å²) in [5.41, 5.74) is 1.50. The van der Waals surface area contributed by atoms with Gasteiger partial charge in [0, 0.05) is 10.0 Å². The van der Waals surface area contributed by atoms with Gasteiger partial charge in [-0.25, -0.2) is 9.49 Å². The molecule has 1 N–H and O–H groups in total. The Labute approximate surface area is 139 Å². The van der Waals surface area contributed by atoms with Crippen molar-refractivity contribution in [1.82, 2.24) is 14.9 Å². The third-order valence-electron chi connectivity index (χ3n) is 2.90. The van der Waals surface area contributed by atoms with Crippen molar-refractivity contribution < 1.29 is 4.39 Å². The van der Waals surface area contributed by atoms with E-state index in [-0.39, 0.29) is 5.82 Å². The van der Waals surface area contributed by atoms with E-state index in [0.717, 1.165) is 10.0 Å². The van der Waals surface area contributed by atoms with Crippen molar-refractivity contribution in [2.24, 2.45) is 5.10 Å². The molecule has 0 fully saturated rings. The van der Waals surface area contributed by atoms with Gasteiger partial charge in [-0.2, -0.15) is 14.9 Å². The number of hydrogen-bond donors (Lipinski definition) is 1. The number of H-pyrrole nitrogens is 1. The number of rotatable bonds is 3. The summed E-state index contributed by atoms with van der Waals surface area (Å²) < 4.78 is 16.0. The number of aromatic amines is 1. The second kappa shape index (κ2) is 6.33. The van der Waals surface area contributed by atoms with E-state index in [0.29, 0.717) is 16.2 Å². The molecule has 0 aliphatic carbocycles. The second-order valence-corrected chi connectivity index (χ2v) is 5.78. The largest absolute Gasteiger partial charge is 0.250 e. The van der Waals surface area contributed by atoms with Crippen LogP contribution in [0.4, 0.5) is 4.39 Å². The lowest BCUT2D eigenvalue weighted by atomic mass is 10.2. The lowest BCUT2D eigenvalue weighted by Gasteiger charge is -2.01. The van der Waals surface area contributed by atoms with Crippen LogP contribution in [-0.2, 0) is 0 Å². The van der Waals surface area contributed by atoms with Gasteiger partial charge in [-0.15, -0.1) is 0 Å². The van der Waals surface area contributed by atoms with Crippen LogP contribution < -0.4 is 0 Å². The summed E-state index contributed by atoms with van der Waals surface area (Å²) >= 11 is 8.61. The number of nitrogens with one attached hydrogen (secondary N) is 1. The van der Waals surface area contributed by atoms with Gasteiger partial charge in [0.25, 0.3) is 0 Å². The van der Waals surface area contributed by atoms with Crippen LogP contribution in [0.2, 0.25) is 0 Å². The number of halogens is 2. The Hall–Kier alpha value is -2.12. The first-order valence-corrected chi connectivity index (χ1v) is 7.57. The number of benzene rings is 2. The van der Waals surface area contributed by atoms with Crippen LogP contribution in [0.15, 0.2) is 58.1 Å². The van der Waals surface area contributed by atoms with Crippen LogP contribution in [0.5, 0.6) is 0 Å². The van der Waals surface area contributed by atoms with E-state index >= 15 is 0 Å². The van der Waals surface area contributed by atoms with E-state index in [1.165, 1.54) is 23.0 Å². The molecule has 1 aromatic heterocycles. The zero-order chi connectivity index (χ0) is 15.5. The van der Waals surface area contributed by atoms with Crippen molar-refractivity contribution in [3.63, 3.8) is 0 Å². The van der Waals surface area contributed by atoms with E-state index in [2.05, 4.69) is 31.2 Å². The average molecular weight is 377 g/mol. The molecule has 0 unspecified atom stereocenters. The van der Waals surface area contributed by atoms with Gasteiger partial charge in [-0.1, -0.05) is 40.2 Å². The summed E-state index contributed by atoms with van der Waals surface area (Å²) in [4.78, 5) is 0. The quantitative estimate of drug-likeness (QED) is 0.544. The first-order valence-electron chi connectivity index (χ1n) is 6.37. The monoisotopic (exact) mass is 376 g/mol. The highest BCUT2D eigenvalue weighted by Gasteiger charge is 2.08. The Morgan fingerprint density at radius 2 is 2.05 bits per heavy atom. The summed E-state index contributed by atoms with van der Waals surface area (Å²) in [6, 6.07) is 13.8. The molecule has 110 valence electrons. The zero-order valence-corrected chi connectivity index (χ0v) is 13.6. The molecule has 2 aromatic carbocycles. The van der Waals surface area contributed by atoms with Gasteiger partial charge >= 0.3 is 0 Å². The minimum atomic E-state index is -0.313. The lowest BCUT2D eigenvalue weighted by Crippen LogP contribution is -1.95. The highest BCUT2D eigenvalue weighted by molar-refractivity contribution is 9.10. The molecule has 0 radical (unpaired) electrons. The molecule has 0 bridgehead atoms. The summed E-state index contributed by atoms with van der Waals surface area (Å²) in [5, 5.41) is 11.2. The van der Waals surface area contributed by atoms with Crippen LogP contribution >= 0.6 is 28.1 Å². The molecule has 22 heavy (non-hydrogen) atoms. The van der Waals surface area contributed by atoms with Gasteiger partial charge in [0.1, 0.15) is 5.82 Å². The molecule has 0 spiro atoms. The first-order chi connectivity index (χ1) is 10.6. The molecule has 1 heterocycles. The summed E-state index contributed by atoms with van der Waals surface area (Å²) in [7, 11) is 0. The van der Waals surface area contributed by atoms with Crippen molar-refractivity contribution in [3.8, 4) is 11.4 Å². The molecule has 0 atom stereocenters. The van der Waals surface area contributed by atoms with Crippen molar-refractivity contribution in [3.05, 3.63) is 69.2 Å². The fourth-order valence-electron chi connectivity index (χ4n) is 1.92. The van der Waals surface area contributed by atoms with Crippen LogP contribution in [0.3, 0.4) is 0 Å². The molecule has 4 nitrogen and oxygen atoms in total. The summed E-state index contributed by atoms with van der Waals surface area (Å²) in [6.45, 7) is 0. The van der Waals surface area contributed by atoms with Gasteiger partial charge in [-0.3, -0.25) is 0 Å². The minimum Gasteiger partial charge on any atom is -0.250 e. The normalized spacial score (nSPS) is 11.2. The molecule has 7 heteroatoms. The predicted molar refractivity (Wildman–Crippen MR) is 89.9 cm³/mol. The Balaban J connectivity index is 2.01. The highest BCUT2D eigenvalue weighted by atomic mass is 79.9. The van der Waals surface area contributed by atoms with E-state index in [1.54, 1.807) is 12.1 Å². The Bertz CT molecular complexity index is 900. The molecule has 0 aliphatic rings. The Kier molecular flexibility index (Phi) is 4.26. The number of nitrogens with zero attached hydrogens (tertiary/aromatic N) is 3. The second-order valence-electron chi connectivity index (χ2n) is 4.47. The first kappa shape index (κ1) is 14.8. The molecule has 3 rings (SSSR count). The maximum atomic E-state index is 13.2. The van der Waals surface area contributed by atoms with E-state index in [1.807, 2.05) is 24.3 Å². The third-order valence-corrected chi connectivity index (χ3v) is 3.66. The Morgan fingerprint density at radius 1 is 1.23 bits per heavy atom. The molecule has 0 saturated heterocycles. The summed E-state index contributed by atoms with van der Waals surface area (Å²) in [6.07, 6.45) is 1.54. The predicted octanol–water partition coefficient (Wildman–Crippen LogP) is 4.39. The number of hydrogen-bond acceptors (Lipinski definition) is 3. The van der Waals surface area contributed by atoms with Gasteiger partial charge < -0.3 is 0 Å².